The highest BCUT2D eigenvalue weighted by atomic mass is 16.7. The minimum absolute atomic E-state index is 0.555. The van der Waals surface area contributed by atoms with Crippen molar-refractivity contribution < 1.29 is 28.5 Å². The maximum absolute atomic E-state index is 11.2. The first kappa shape index (κ1) is 16.2. The molecular weight excluding hydrogens is 270 g/mol. The van der Waals surface area contributed by atoms with E-state index in [4.69, 9.17) is 24.5 Å². The quantitative estimate of drug-likeness (QED) is 0.328. The number of hydrogen-bond donors (Lipinski definition) is 0. The third-order valence-electron chi connectivity index (χ3n) is 2.77. The lowest BCUT2D eigenvalue weighted by Crippen LogP contribution is -2.58. The van der Waals surface area contributed by atoms with Gasteiger partial charge in [-0.25, -0.2) is 0 Å². The normalized spacial score (nSPS) is 32.9. The van der Waals surface area contributed by atoms with Gasteiger partial charge >= 0.3 is 11.9 Å². The van der Waals surface area contributed by atoms with Crippen molar-refractivity contribution >= 4 is 11.9 Å². The van der Waals surface area contributed by atoms with Crippen LogP contribution in [0.25, 0.3) is 10.4 Å². The first-order valence-electron chi connectivity index (χ1n) is 5.97. The van der Waals surface area contributed by atoms with Gasteiger partial charge in [0.1, 0.15) is 12.1 Å². The summed E-state index contributed by atoms with van der Waals surface area (Å²) in [5.41, 5.74) is 8.66. The monoisotopic (exact) mass is 287 g/mol. The summed E-state index contributed by atoms with van der Waals surface area (Å²) in [6.45, 7) is 4.07. The average Bonchev–Trinajstić information content (AvgIpc) is 2.35. The van der Waals surface area contributed by atoms with Crippen molar-refractivity contribution in [1.29, 1.82) is 0 Å². The second-order valence-corrected chi connectivity index (χ2v) is 4.29. The summed E-state index contributed by atoms with van der Waals surface area (Å²) in [5.74, 6) is -1.14. The van der Waals surface area contributed by atoms with Crippen molar-refractivity contribution in [1.82, 2.24) is 0 Å². The lowest BCUT2D eigenvalue weighted by atomic mass is 9.97. The maximum Gasteiger partial charge on any atom is 0.303 e. The molecule has 0 unspecified atom stereocenters. The summed E-state index contributed by atoms with van der Waals surface area (Å²) in [6, 6.07) is -0.929. The first-order valence-corrected chi connectivity index (χ1v) is 5.97. The fourth-order valence-electron chi connectivity index (χ4n) is 2.05. The van der Waals surface area contributed by atoms with E-state index >= 15 is 0 Å². The van der Waals surface area contributed by atoms with Gasteiger partial charge < -0.3 is 18.9 Å². The van der Waals surface area contributed by atoms with E-state index in [0.717, 1.165) is 0 Å². The van der Waals surface area contributed by atoms with E-state index in [1.165, 1.54) is 21.0 Å². The molecule has 112 valence electrons. The van der Waals surface area contributed by atoms with Crippen molar-refractivity contribution in [3.8, 4) is 0 Å². The maximum atomic E-state index is 11.2. The largest absolute Gasteiger partial charge is 0.459 e. The van der Waals surface area contributed by atoms with E-state index in [-0.39, 0.29) is 0 Å². The van der Waals surface area contributed by atoms with Gasteiger partial charge in [-0.05, 0) is 12.5 Å². The van der Waals surface area contributed by atoms with Gasteiger partial charge in [0, 0.05) is 25.9 Å². The van der Waals surface area contributed by atoms with Gasteiger partial charge in [0.2, 0.25) is 0 Å². The van der Waals surface area contributed by atoms with Crippen LogP contribution >= 0.6 is 0 Å². The van der Waals surface area contributed by atoms with Crippen LogP contribution in [0.1, 0.15) is 20.8 Å². The Labute approximate surface area is 115 Å². The molecule has 9 nitrogen and oxygen atoms in total. The Bertz CT molecular complexity index is 422. The molecule has 0 N–H and O–H groups in total. The van der Waals surface area contributed by atoms with Crippen molar-refractivity contribution in [3.05, 3.63) is 10.4 Å². The van der Waals surface area contributed by atoms with Crippen molar-refractivity contribution in [2.45, 2.75) is 51.4 Å². The molecule has 1 fully saturated rings. The SMILES string of the molecule is CO[C@H]1O[C@H](C)[C@@H](OC(C)=O)[C@@H](N=[N+]=[N-])[C@@H]1OC(C)=O. The first-order chi connectivity index (χ1) is 9.40. The number of nitrogens with zero attached hydrogens (tertiary/aromatic N) is 3. The number of carbonyl (C=O) groups is 2. The van der Waals surface area contributed by atoms with Crippen LogP contribution in [0.3, 0.4) is 0 Å². The molecule has 0 saturated carbocycles. The van der Waals surface area contributed by atoms with Gasteiger partial charge in [-0.15, -0.1) is 0 Å². The second-order valence-electron chi connectivity index (χ2n) is 4.29. The Morgan fingerprint density at radius 3 is 2.20 bits per heavy atom. The Morgan fingerprint density at radius 2 is 1.75 bits per heavy atom. The van der Waals surface area contributed by atoms with Crippen LogP contribution in [0.4, 0.5) is 0 Å². The van der Waals surface area contributed by atoms with Gasteiger partial charge in [0.25, 0.3) is 0 Å². The highest BCUT2D eigenvalue weighted by Crippen LogP contribution is 2.28. The summed E-state index contributed by atoms with van der Waals surface area (Å²) in [5, 5.41) is 3.57. The Hall–Kier alpha value is -1.83. The molecule has 0 aromatic carbocycles. The van der Waals surface area contributed by atoms with Crippen molar-refractivity contribution in [3.63, 3.8) is 0 Å². The van der Waals surface area contributed by atoms with Gasteiger partial charge in [0.05, 0.1) is 6.10 Å². The molecule has 1 aliphatic rings. The predicted molar refractivity (Wildman–Crippen MR) is 65.4 cm³/mol. The van der Waals surface area contributed by atoms with E-state index < -0.39 is 42.6 Å². The second kappa shape index (κ2) is 7.09. The number of esters is 2. The molecule has 1 heterocycles. The minimum Gasteiger partial charge on any atom is -0.459 e. The number of azide groups is 1. The Balaban J connectivity index is 3.08. The van der Waals surface area contributed by atoms with Gasteiger partial charge in [-0.2, -0.15) is 0 Å². The molecule has 0 aromatic rings. The highest BCUT2D eigenvalue weighted by Gasteiger charge is 2.48. The van der Waals surface area contributed by atoms with E-state index in [1.54, 1.807) is 6.92 Å². The number of hydrogen-bond acceptors (Lipinski definition) is 7. The molecule has 9 heteroatoms. The molecule has 0 radical (unpaired) electrons. The molecule has 5 atom stereocenters. The smallest absolute Gasteiger partial charge is 0.303 e. The lowest BCUT2D eigenvalue weighted by Gasteiger charge is -2.42. The molecule has 20 heavy (non-hydrogen) atoms. The summed E-state index contributed by atoms with van der Waals surface area (Å²) in [4.78, 5) is 25.0. The van der Waals surface area contributed by atoms with Crippen molar-refractivity contribution in [2.24, 2.45) is 5.11 Å². The van der Waals surface area contributed by atoms with Crippen LogP contribution in [0.15, 0.2) is 5.11 Å². The molecule has 0 bridgehead atoms. The van der Waals surface area contributed by atoms with E-state index in [2.05, 4.69) is 10.0 Å². The lowest BCUT2D eigenvalue weighted by molar-refractivity contribution is -0.266. The van der Waals surface area contributed by atoms with E-state index in [9.17, 15) is 9.59 Å². The molecule has 0 spiro atoms. The van der Waals surface area contributed by atoms with E-state index in [1.807, 2.05) is 0 Å². The zero-order chi connectivity index (χ0) is 15.3. The molecular formula is C11H17N3O6. The summed E-state index contributed by atoms with van der Waals surface area (Å²) in [7, 11) is 1.37. The van der Waals surface area contributed by atoms with E-state index in [0.29, 0.717) is 0 Å². The standard InChI is InChI=1S/C11H17N3O6/c1-5-9(19-6(2)15)8(13-14-12)10(20-7(3)16)11(17-4)18-5/h5,8-11H,1-4H3/t5-,8-,9-,10+,11+/m1/s1. The average molecular weight is 287 g/mol. The summed E-state index contributed by atoms with van der Waals surface area (Å²) < 4.78 is 20.7. The topological polar surface area (TPSA) is 120 Å². The zero-order valence-electron chi connectivity index (χ0n) is 11.7. The predicted octanol–water partition coefficient (Wildman–Crippen LogP) is 0.920. The van der Waals surface area contributed by atoms with Crippen LogP contribution in [0.5, 0.6) is 0 Å². The fourth-order valence-corrected chi connectivity index (χ4v) is 2.05. The Kier molecular flexibility index (Phi) is 5.75. The fraction of sp³-hybridized carbons (Fsp3) is 0.818. The van der Waals surface area contributed by atoms with Gasteiger partial charge in [-0.3, -0.25) is 9.59 Å². The van der Waals surface area contributed by atoms with Crippen LogP contribution < -0.4 is 0 Å². The molecule has 1 rings (SSSR count). The van der Waals surface area contributed by atoms with Crippen LogP contribution in [0, 0.1) is 0 Å². The number of carbonyl (C=O) groups excluding carboxylic acids is 2. The van der Waals surface area contributed by atoms with Crippen LogP contribution in [0.2, 0.25) is 0 Å². The molecule has 1 saturated heterocycles. The van der Waals surface area contributed by atoms with Gasteiger partial charge in [-0.1, -0.05) is 5.11 Å². The number of rotatable bonds is 4. The van der Waals surface area contributed by atoms with Crippen molar-refractivity contribution in [2.75, 3.05) is 7.11 Å². The molecule has 0 amide bonds. The molecule has 1 aliphatic heterocycles. The Morgan fingerprint density at radius 1 is 1.20 bits per heavy atom. The number of methoxy groups -OCH3 is 1. The van der Waals surface area contributed by atoms with Crippen LogP contribution in [-0.4, -0.2) is 49.7 Å². The number of ether oxygens (including phenoxy) is 4. The summed E-state index contributed by atoms with van der Waals surface area (Å²) >= 11 is 0. The highest BCUT2D eigenvalue weighted by molar-refractivity contribution is 5.67. The summed E-state index contributed by atoms with van der Waals surface area (Å²) in [6.07, 6.45) is -3.34. The third kappa shape index (κ3) is 3.83. The van der Waals surface area contributed by atoms with Gasteiger partial charge in [0.15, 0.2) is 12.4 Å². The minimum atomic E-state index is -0.992. The molecule has 0 aliphatic carbocycles. The zero-order valence-corrected chi connectivity index (χ0v) is 11.7. The third-order valence-corrected chi connectivity index (χ3v) is 2.77. The van der Waals surface area contributed by atoms with Crippen LogP contribution in [-0.2, 0) is 28.5 Å². The molecule has 0 aromatic heterocycles.